The highest BCUT2D eigenvalue weighted by atomic mass is 35.5. The van der Waals surface area contributed by atoms with E-state index >= 15 is 0 Å². The first kappa shape index (κ1) is 20.6. The number of anilines is 2. The predicted octanol–water partition coefficient (Wildman–Crippen LogP) is 3.65. The Bertz CT molecular complexity index is 514. The lowest BCUT2D eigenvalue weighted by atomic mass is 10.1. The Kier molecular flexibility index (Phi) is 8.93. The van der Waals surface area contributed by atoms with Crippen LogP contribution in [0.5, 0.6) is 0 Å². The summed E-state index contributed by atoms with van der Waals surface area (Å²) in [5.74, 6) is 6.38. The first-order valence-corrected chi connectivity index (χ1v) is 9.01. The minimum atomic E-state index is 0.654. The Labute approximate surface area is 151 Å². The van der Waals surface area contributed by atoms with Crippen LogP contribution in [0.25, 0.3) is 0 Å². The Balaban J connectivity index is 0.000000413. The van der Waals surface area contributed by atoms with Crippen molar-refractivity contribution in [3.8, 4) is 0 Å². The van der Waals surface area contributed by atoms with Gasteiger partial charge in [-0.2, -0.15) is 0 Å². The van der Waals surface area contributed by atoms with E-state index in [-0.39, 0.29) is 0 Å². The van der Waals surface area contributed by atoms with Crippen molar-refractivity contribution in [3.05, 3.63) is 22.7 Å². The molecule has 1 fully saturated rings. The van der Waals surface area contributed by atoms with E-state index in [0.29, 0.717) is 5.02 Å². The van der Waals surface area contributed by atoms with Crippen molar-refractivity contribution in [1.82, 2.24) is 4.90 Å². The molecule has 6 heteroatoms. The van der Waals surface area contributed by atoms with Crippen molar-refractivity contribution in [3.63, 3.8) is 0 Å². The van der Waals surface area contributed by atoms with E-state index < -0.39 is 0 Å². The van der Waals surface area contributed by atoms with Crippen LogP contribution in [0.3, 0.4) is 0 Å². The summed E-state index contributed by atoms with van der Waals surface area (Å²) < 4.78 is 0. The summed E-state index contributed by atoms with van der Waals surface area (Å²) in [4.78, 5) is 14.7. The van der Waals surface area contributed by atoms with E-state index in [2.05, 4.69) is 31.1 Å². The topological polar surface area (TPSA) is 61.6 Å². The van der Waals surface area contributed by atoms with Crippen LogP contribution in [-0.4, -0.2) is 37.5 Å². The fraction of sp³-hybridized carbons (Fsp3) is 0.611. The number of hydrogen-bond acceptors (Lipinski definition) is 4. The van der Waals surface area contributed by atoms with Crippen LogP contribution in [0.1, 0.15) is 39.2 Å². The van der Waals surface area contributed by atoms with Crippen LogP contribution in [0.2, 0.25) is 5.02 Å². The van der Waals surface area contributed by atoms with Gasteiger partial charge in [0.25, 0.3) is 0 Å². The van der Waals surface area contributed by atoms with E-state index in [0.717, 1.165) is 55.4 Å². The van der Waals surface area contributed by atoms with Crippen LogP contribution in [0, 0.1) is 12.8 Å². The van der Waals surface area contributed by atoms with Crippen LogP contribution < -0.4 is 16.2 Å². The molecule has 1 aliphatic heterocycles. The molecule has 2 rings (SSSR count). The second-order valence-corrected chi connectivity index (χ2v) is 6.99. The van der Waals surface area contributed by atoms with Gasteiger partial charge in [0.15, 0.2) is 0 Å². The largest absolute Gasteiger partial charge is 0.368 e. The molecule has 1 aromatic carbocycles. The molecule has 1 amide bonds. The lowest BCUT2D eigenvalue weighted by Gasteiger charge is -2.35. The molecule has 1 aliphatic rings. The van der Waals surface area contributed by atoms with E-state index in [1.165, 1.54) is 12.8 Å². The number of rotatable bonds is 5. The number of nitrogens with zero attached hydrogens (tertiary/aromatic N) is 2. The molecule has 0 unspecified atom stereocenters. The number of hydrogen-bond donors (Lipinski definition) is 2. The summed E-state index contributed by atoms with van der Waals surface area (Å²) in [5, 5.41) is 0.654. The molecule has 1 aromatic rings. The normalized spacial score (nSPS) is 14.3. The van der Waals surface area contributed by atoms with Crippen molar-refractivity contribution in [1.29, 1.82) is 0 Å². The number of nitrogen functional groups attached to an aromatic ring is 1. The monoisotopic (exact) mass is 354 g/mol. The Hall–Kier alpha value is -1.46. The molecule has 0 radical (unpaired) electrons. The van der Waals surface area contributed by atoms with Crippen molar-refractivity contribution >= 4 is 29.4 Å². The van der Waals surface area contributed by atoms with Crippen LogP contribution in [0.15, 0.2) is 12.1 Å². The third-order valence-electron chi connectivity index (χ3n) is 4.17. The van der Waals surface area contributed by atoms with Gasteiger partial charge in [0.1, 0.15) is 0 Å². The summed E-state index contributed by atoms with van der Waals surface area (Å²) in [7, 11) is 0. The minimum Gasteiger partial charge on any atom is -0.368 e. The molecule has 1 heterocycles. The number of halogens is 1. The lowest BCUT2D eigenvalue weighted by Crippen LogP contribution is -2.46. The maximum absolute atomic E-state index is 10.7. The molecule has 0 spiro atoms. The number of nitrogens with two attached hydrogens (primary N) is 1. The number of amides is 1. The van der Waals surface area contributed by atoms with Gasteiger partial charge in [0, 0.05) is 36.9 Å². The minimum absolute atomic E-state index is 0.654. The number of carbonyl (C=O) groups excluding carboxylic acids is 1. The molecule has 0 atom stereocenters. The summed E-state index contributed by atoms with van der Waals surface area (Å²) in [6.45, 7) is 11.8. The maximum atomic E-state index is 10.7. The highest BCUT2D eigenvalue weighted by Gasteiger charge is 2.18. The molecule has 1 saturated heterocycles. The van der Waals surface area contributed by atoms with E-state index in [4.69, 9.17) is 17.4 Å². The van der Waals surface area contributed by atoms with Gasteiger partial charge in [0.2, 0.25) is 6.41 Å². The first-order valence-electron chi connectivity index (χ1n) is 8.63. The first-order chi connectivity index (χ1) is 11.4. The van der Waals surface area contributed by atoms with Gasteiger partial charge in [-0.25, -0.2) is 0 Å². The summed E-state index contributed by atoms with van der Waals surface area (Å²) in [5.41, 5.74) is 5.63. The molecule has 136 valence electrons. The van der Waals surface area contributed by atoms with Crippen LogP contribution in [-0.2, 0) is 4.79 Å². The van der Waals surface area contributed by atoms with E-state index in [1.807, 2.05) is 19.1 Å². The number of benzene rings is 1. The maximum Gasteiger partial charge on any atom is 0.209 e. The Morgan fingerprint density at radius 2 is 1.92 bits per heavy atom. The van der Waals surface area contributed by atoms with Gasteiger partial charge in [-0.15, -0.1) is 0 Å². The highest BCUT2D eigenvalue weighted by molar-refractivity contribution is 6.31. The molecule has 0 bridgehead atoms. The average Bonchev–Trinajstić information content (AvgIpc) is 2.57. The number of piperazine rings is 1. The second kappa shape index (κ2) is 10.4. The van der Waals surface area contributed by atoms with Crippen LogP contribution >= 0.6 is 11.6 Å². The van der Waals surface area contributed by atoms with Crippen molar-refractivity contribution < 1.29 is 4.79 Å². The third kappa shape index (κ3) is 6.21. The van der Waals surface area contributed by atoms with E-state index in [9.17, 15) is 4.79 Å². The molecular formula is C18H31ClN4O. The van der Waals surface area contributed by atoms with Gasteiger partial charge in [-0.3, -0.25) is 10.6 Å². The zero-order chi connectivity index (χ0) is 18.1. The van der Waals surface area contributed by atoms with Gasteiger partial charge in [-0.1, -0.05) is 45.2 Å². The SMILES string of the molecule is CCCC(C)C.Cc1c(NN)cc(Cl)cc1N1CCN(C=O)CC1. The van der Waals surface area contributed by atoms with Gasteiger partial charge in [-0.05, 0) is 30.5 Å². The molecule has 0 aromatic heterocycles. The number of hydrazine groups is 1. The fourth-order valence-electron chi connectivity index (χ4n) is 2.79. The Morgan fingerprint density at radius 1 is 1.29 bits per heavy atom. The molecule has 0 aliphatic carbocycles. The predicted molar refractivity (Wildman–Crippen MR) is 104 cm³/mol. The fourth-order valence-corrected chi connectivity index (χ4v) is 3.00. The second-order valence-electron chi connectivity index (χ2n) is 6.55. The molecule has 3 N–H and O–H groups in total. The van der Waals surface area contributed by atoms with Crippen molar-refractivity contribution in [2.75, 3.05) is 36.5 Å². The molecular weight excluding hydrogens is 324 g/mol. The summed E-state index contributed by atoms with van der Waals surface area (Å²) >= 11 is 6.09. The quantitative estimate of drug-likeness (QED) is 0.481. The van der Waals surface area contributed by atoms with Crippen molar-refractivity contribution in [2.24, 2.45) is 11.8 Å². The Morgan fingerprint density at radius 3 is 2.33 bits per heavy atom. The standard InChI is InChI=1S/C12H17ClN4O.C6H14/c1-9-11(15-14)6-10(13)7-12(9)17-4-2-16(8-18)3-5-17;1-4-5-6(2)3/h6-8,15H,2-5,14H2,1H3;6H,4-5H2,1-3H3. The van der Waals surface area contributed by atoms with Crippen molar-refractivity contribution in [2.45, 2.75) is 40.5 Å². The van der Waals surface area contributed by atoms with Gasteiger partial charge >= 0.3 is 0 Å². The molecule has 0 saturated carbocycles. The highest BCUT2D eigenvalue weighted by Crippen LogP contribution is 2.31. The lowest BCUT2D eigenvalue weighted by molar-refractivity contribution is -0.118. The summed E-state index contributed by atoms with van der Waals surface area (Å²) in [6.07, 6.45) is 3.60. The van der Waals surface area contributed by atoms with Crippen LogP contribution in [0.4, 0.5) is 11.4 Å². The van der Waals surface area contributed by atoms with E-state index in [1.54, 1.807) is 4.90 Å². The van der Waals surface area contributed by atoms with Gasteiger partial charge < -0.3 is 15.2 Å². The zero-order valence-electron chi connectivity index (χ0n) is 15.3. The number of carbonyl (C=O) groups is 1. The zero-order valence-corrected chi connectivity index (χ0v) is 16.1. The average molecular weight is 355 g/mol. The number of nitrogens with one attached hydrogen (secondary N) is 1. The van der Waals surface area contributed by atoms with Gasteiger partial charge in [0.05, 0.1) is 5.69 Å². The smallest absolute Gasteiger partial charge is 0.209 e. The third-order valence-corrected chi connectivity index (χ3v) is 4.39. The molecule has 24 heavy (non-hydrogen) atoms. The molecule has 5 nitrogen and oxygen atoms in total. The summed E-state index contributed by atoms with van der Waals surface area (Å²) in [6, 6.07) is 3.75.